The summed E-state index contributed by atoms with van der Waals surface area (Å²) in [5.41, 5.74) is 2.41. The fourth-order valence-corrected chi connectivity index (χ4v) is 1.66. The van der Waals surface area contributed by atoms with Crippen LogP contribution in [0.4, 0.5) is 5.69 Å². The molecule has 3 heteroatoms. The van der Waals surface area contributed by atoms with E-state index in [1.807, 2.05) is 19.2 Å². The van der Waals surface area contributed by atoms with Crippen LogP contribution in [-0.2, 0) is 0 Å². The molecule has 0 spiro atoms. The molecule has 1 aromatic carbocycles. The maximum absolute atomic E-state index is 9.49. The number of rotatable bonds is 4. The van der Waals surface area contributed by atoms with Crippen LogP contribution in [-0.4, -0.2) is 30.1 Å². The number of alkyl halides is 1. The maximum Gasteiger partial charge on any atom is 0.0811 e. The first kappa shape index (κ1) is 11.5. The molecular formula is C11H16BrNO. The molecule has 1 atom stereocenters. The Morgan fingerprint density at radius 2 is 2.07 bits per heavy atom. The molecule has 78 valence electrons. The van der Waals surface area contributed by atoms with E-state index in [9.17, 15) is 5.11 Å². The van der Waals surface area contributed by atoms with E-state index < -0.39 is 0 Å². The Morgan fingerprint density at radius 3 is 2.64 bits per heavy atom. The Bertz CT molecular complexity index is 290. The van der Waals surface area contributed by atoms with Crippen LogP contribution < -0.4 is 4.90 Å². The molecular weight excluding hydrogens is 242 g/mol. The van der Waals surface area contributed by atoms with E-state index in [0.717, 1.165) is 0 Å². The zero-order valence-corrected chi connectivity index (χ0v) is 10.2. The molecule has 0 saturated heterocycles. The summed E-state index contributed by atoms with van der Waals surface area (Å²) < 4.78 is 0. The predicted octanol–water partition coefficient (Wildman–Crippen LogP) is 2.19. The van der Waals surface area contributed by atoms with E-state index in [0.29, 0.717) is 11.9 Å². The van der Waals surface area contributed by atoms with E-state index in [1.165, 1.54) is 11.3 Å². The summed E-state index contributed by atoms with van der Waals surface area (Å²) in [7, 11) is 1.99. The van der Waals surface area contributed by atoms with Crippen LogP contribution in [0.25, 0.3) is 0 Å². The number of aliphatic hydroxyl groups is 1. The van der Waals surface area contributed by atoms with Gasteiger partial charge in [0.2, 0.25) is 0 Å². The van der Waals surface area contributed by atoms with Gasteiger partial charge in [-0.3, -0.25) is 0 Å². The molecule has 1 unspecified atom stereocenters. The van der Waals surface area contributed by atoms with Gasteiger partial charge in [0, 0.05) is 24.6 Å². The monoisotopic (exact) mass is 257 g/mol. The van der Waals surface area contributed by atoms with Crippen LogP contribution in [0.2, 0.25) is 0 Å². The van der Waals surface area contributed by atoms with Gasteiger partial charge in [-0.25, -0.2) is 0 Å². The van der Waals surface area contributed by atoms with Crippen molar-refractivity contribution < 1.29 is 5.11 Å². The lowest BCUT2D eigenvalue weighted by molar-refractivity contribution is 0.207. The molecule has 0 radical (unpaired) electrons. The number of hydrogen-bond acceptors (Lipinski definition) is 2. The topological polar surface area (TPSA) is 23.5 Å². The minimum absolute atomic E-state index is 0.320. The number of para-hydroxylation sites is 1. The second-order valence-corrected chi connectivity index (χ2v) is 4.12. The minimum atomic E-state index is -0.320. The first-order chi connectivity index (χ1) is 6.65. The summed E-state index contributed by atoms with van der Waals surface area (Å²) >= 11 is 3.26. The molecule has 0 aliphatic rings. The van der Waals surface area contributed by atoms with Gasteiger partial charge in [0.1, 0.15) is 0 Å². The van der Waals surface area contributed by atoms with Gasteiger partial charge in [-0.15, -0.1) is 0 Å². The van der Waals surface area contributed by atoms with E-state index >= 15 is 0 Å². The van der Waals surface area contributed by atoms with Gasteiger partial charge < -0.3 is 10.0 Å². The summed E-state index contributed by atoms with van der Waals surface area (Å²) in [5, 5.41) is 10.1. The summed E-state index contributed by atoms with van der Waals surface area (Å²) in [6.45, 7) is 2.72. The third kappa shape index (κ3) is 3.00. The molecule has 0 aliphatic carbocycles. The second-order valence-electron chi connectivity index (χ2n) is 3.48. The van der Waals surface area contributed by atoms with Crippen LogP contribution in [0, 0.1) is 6.92 Å². The molecule has 2 nitrogen and oxygen atoms in total. The van der Waals surface area contributed by atoms with Crippen LogP contribution in [0.15, 0.2) is 24.3 Å². The number of hydrogen-bond donors (Lipinski definition) is 1. The zero-order valence-electron chi connectivity index (χ0n) is 8.57. The Hall–Kier alpha value is -0.540. The van der Waals surface area contributed by atoms with Crippen molar-refractivity contribution in [1.29, 1.82) is 0 Å². The summed E-state index contributed by atoms with van der Waals surface area (Å²) in [4.78, 5) is 2.07. The normalized spacial score (nSPS) is 12.6. The average molecular weight is 258 g/mol. The van der Waals surface area contributed by atoms with Crippen molar-refractivity contribution >= 4 is 21.6 Å². The van der Waals surface area contributed by atoms with Gasteiger partial charge in [-0.2, -0.15) is 0 Å². The fraction of sp³-hybridized carbons (Fsp3) is 0.455. The van der Waals surface area contributed by atoms with E-state index in [1.54, 1.807) is 0 Å². The number of nitrogens with zero attached hydrogens (tertiary/aromatic N) is 1. The van der Waals surface area contributed by atoms with Crippen LogP contribution in [0.3, 0.4) is 0 Å². The van der Waals surface area contributed by atoms with Gasteiger partial charge in [0.15, 0.2) is 0 Å². The quantitative estimate of drug-likeness (QED) is 0.837. The van der Waals surface area contributed by atoms with Crippen LogP contribution in [0.5, 0.6) is 0 Å². The van der Waals surface area contributed by atoms with Gasteiger partial charge >= 0.3 is 0 Å². The minimum Gasteiger partial charge on any atom is -0.390 e. The molecule has 1 N–H and O–H groups in total. The Morgan fingerprint density at radius 1 is 1.43 bits per heavy atom. The third-order valence-electron chi connectivity index (χ3n) is 2.19. The van der Waals surface area contributed by atoms with Crippen LogP contribution >= 0.6 is 15.9 Å². The molecule has 0 bridgehead atoms. The average Bonchev–Trinajstić information content (AvgIpc) is 2.18. The zero-order chi connectivity index (χ0) is 10.6. The van der Waals surface area contributed by atoms with E-state index in [4.69, 9.17) is 0 Å². The standard InChI is InChI=1S/C11H16BrNO/c1-9-5-3-4-6-11(9)13(2)8-10(14)7-12/h3-6,10,14H,7-8H2,1-2H3. The summed E-state index contributed by atoms with van der Waals surface area (Å²) in [6, 6.07) is 8.18. The maximum atomic E-state index is 9.49. The molecule has 14 heavy (non-hydrogen) atoms. The highest BCUT2D eigenvalue weighted by Crippen LogP contribution is 2.17. The van der Waals surface area contributed by atoms with Gasteiger partial charge in [0.25, 0.3) is 0 Å². The number of halogens is 1. The van der Waals surface area contributed by atoms with E-state index in [-0.39, 0.29) is 6.10 Å². The highest BCUT2D eigenvalue weighted by molar-refractivity contribution is 9.09. The molecule has 1 aromatic rings. The molecule has 0 aromatic heterocycles. The van der Waals surface area contributed by atoms with Crippen molar-refractivity contribution in [2.75, 3.05) is 23.8 Å². The third-order valence-corrected chi connectivity index (χ3v) is 2.94. The number of aliphatic hydroxyl groups excluding tert-OH is 1. The number of benzene rings is 1. The SMILES string of the molecule is Cc1ccccc1N(C)CC(O)CBr. The van der Waals surface area contributed by atoms with Crippen molar-refractivity contribution in [3.63, 3.8) is 0 Å². The summed E-state index contributed by atoms with van der Waals surface area (Å²) in [6.07, 6.45) is -0.320. The highest BCUT2D eigenvalue weighted by Gasteiger charge is 2.08. The Balaban J connectivity index is 2.69. The first-order valence-electron chi connectivity index (χ1n) is 4.66. The second kappa shape index (κ2) is 5.37. The number of likely N-dealkylation sites (N-methyl/N-ethyl adjacent to an activating group) is 1. The molecule has 0 saturated carbocycles. The summed E-state index contributed by atoms with van der Waals surface area (Å²) in [5.74, 6) is 0. The van der Waals surface area contributed by atoms with Gasteiger partial charge in [-0.1, -0.05) is 34.1 Å². The highest BCUT2D eigenvalue weighted by atomic mass is 79.9. The molecule has 0 amide bonds. The van der Waals surface area contributed by atoms with Gasteiger partial charge in [-0.05, 0) is 18.6 Å². The number of anilines is 1. The van der Waals surface area contributed by atoms with Gasteiger partial charge in [0.05, 0.1) is 6.10 Å². The largest absolute Gasteiger partial charge is 0.390 e. The first-order valence-corrected chi connectivity index (χ1v) is 5.78. The Kier molecular flexibility index (Phi) is 4.42. The van der Waals surface area contributed by atoms with Crippen LogP contribution in [0.1, 0.15) is 5.56 Å². The molecule has 0 fully saturated rings. The van der Waals surface area contributed by atoms with Crippen molar-refractivity contribution in [1.82, 2.24) is 0 Å². The Labute approximate surface area is 93.7 Å². The van der Waals surface area contributed by atoms with Crippen molar-refractivity contribution in [3.05, 3.63) is 29.8 Å². The van der Waals surface area contributed by atoms with E-state index in [2.05, 4.69) is 39.9 Å². The lowest BCUT2D eigenvalue weighted by Gasteiger charge is -2.23. The lowest BCUT2D eigenvalue weighted by atomic mass is 10.2. The lowest BCUT2D eigenvalue weighted by Crippen LogP contribution is -2.30. The number of aryl methyl sites for hydroxylation is 1. The smallest absolute Gasteiger partial charge is 0.0811 e. The van der Waals surface area contributed by atoms with Crippen molar-refractivity contribution in [3.8, 4) is 0 Å². The molecule has 0 heterocycles. The predicted molar refractivity (Wildman–Crippen MR) is 64.2 cm³/mol. The fourth-order valence-electron chi connectivity index (χ4n) is 1.45. The molecule has 0 aliphatic heterocycles. The van der Waals surface area contributed by atoms with Crippen molar-refractivity contribution in [2.24, 2.45) is 0 Å². The molecule has 1 rings (SSSR count). The van der Waals surface area contributed by atoms with Crippen molar-refractivity contribution in [2.45, 2.75) is 13.0 Å².